The highest BCUT2D eigenvalue weighted by Crippen LogP contribution is 2.33. The molecule has 0 aromatic heterocycles. The third-order valence-electron chi connectivity index (χ3n) is 3.91. The number of benzene rings is 1. The van der Waals surface area contributed by atoms with E-state index >= 15 is 0 Å². The van der Waals surface area contributed by atoms with Gasteiger partial charge in [0.05, 0.1) is 18.4 Å². The summed E-state index contributed by atoms with van der Waals surface area (Å²) in [6.07, 6.45) is 1.80. The van der Waals surface area contributed by atoms with E-state index in [4.69, 9.17) is 10.4 Å². The van der Waals surface area contributed by atoms with Gasteiger partial charge >= 0.3 is 5.97 Å². The fourth-order valence-electron chi connectivity index (χ4n) is 2.79. The number of para-hydroxylation sites is 1. The number of nitriles is 1. The predicted molar refractivity (Wildman–Crippen MR) is 77.5 cm³/mol. The highest BCUT2D eigenvalue weighted by atomic mass is 16.4. The average molecular weight is 286 g/mol. The van der Waals surface area contributed by atoms with Gasteiger partial charge in [-0.05, 0) is 31.4 Å². The summed E-state index contributed by atoms with van der Waals surface area (Å²) < 4.78 is 0. The molecule has 0 unspecified atom stereocenters. The van der Waals surface area contributed by atoms with Gasteiger partial charge < -0.3 is 10.0 Å². The van der Waals surface area contributed by atoms with Crippen molar-refractivity contribution in [1.82, 2.24) is 0 Å². The van der Waals surface area contributed by atoms with Gasteiger partial charge in [-0.2, -0.15) is 5.26 Å². The number of carbonyl (C=O) groups excluding carboxylic acids is 1. The lowest BCUT2D eigenvalue weighted by Crippen LogP contribution is -2.36. The van der Waals surface area contributed by atoms with E-state index in [0.717, 1.165) is 5.69 Å². The van der Waals surface area contributed by atoms with Crippen LogP contribution in [0, 0.1) is 23.2 Å². The number of rotatable bonds is 5. The van der Waals surface area contributed by atoms with Crippen LogP contribution in [0.25, 0.3) is 0 Å². The van der Waals surface area contributed by atoms with E-state index in [-0.39, 0.29) is 18.2 Å². The molecule has 5 nitrogen and oxygen atoms in total. The van der Waals surface area contributed by atoms with E-state index in [1.54, 1.807) is 4.90 Å². The zero-order valence-electron chi connectivity index (χ0n) is 11.7. The molecule has 0 heterocycles. The van der Waals surface area contributed by atoms with Crippen LogP contribution in [0.3, 0.4) is 0 Å². The summed E-state index contributed by atoms with van der Waals surface area (Å²) in [6.45, 7) is 0.341. The SMILES string of the molecule is N#CCCN(C(=O)[C@@H]1CC[C@H](C(=O)O)C1)c1ccccc1. The Labute approximate surface area is 123 Å². The standard InChI is InChI=1S/C16H18N2O3/c17-9-4-10-18(14-5-2-1-3-6-14)15(19)12-7-8-13(11-12)16(20)21/h1-3,5-6,12-13H,4,7-8,10-11H2,(H,20,21)/t12-,13+/m1/s1. The molecule has 1 aromatic rings. The maximum absolute atomic E-state index is 12.6. The first-order chi connectivity index (χ1) is 10.1. The van der Waals surface area contributed by atoms with Crippen molar-refractivity contribution in [3.05, 3.63) is 30.3 Å². The topological polar surface area (TPSA) is 81.4 Å². The molecule has 21 heavy (non-hydrogen) atoms. The Hall–Kier alpha value is -2.35. The number of amides is 1. The Morgan fingerprint density at radius 3 is 2.48 bits per heavy atom. The Morgan fingerprint density at radius 1 is 1.24 bits per heavy atom. The molecule has 1 saturated carbocycles. The molecule has 5 heteroatoms. The summed E-state index contributed by atoms with van der Waals surface area (Å²) in [6, 6.07) is 11.3. The van der Waals surface area contributed by atoms with Crippen molar-refractivity contribution >= 4 is 17.6 Å². The molecule has 0 aliphatic heterocycles. The van der Waals surface area contributed by atoms with Gasteiger partial charge in [0, 0.05) is 18.2 Å². The molecule has 1 fully saturated rings. The second-order valence-corrected chi connectivity index (χ2v) is 5.28. The fraction of sp³-hybridized carbons (Fsp3) is 0.438. The lowest BCUT2D eigenvalue weighted by molar-refractivity contribution is -0.141. The number of anilines is 1. The molecule has 0 radical (unpaired) electrons. The van der Waals surface area contributed by atoms with Crippen LogP contribution in [0.1, 0.15) is 25.7 Å². The zero-order valence-corrected chi connectivity index (χ0v) is 11.7. The number of hydrogen-bond acceptors (Lipinski definition) is 3. The molecule has 1 aromatic carbocycles. The largest absolute Gasteiger partial charge is 0.481 e. The second kappa shape index (κ2) is 6.89. The predicted octanol–water partition coefficient (Wildman–Crippen LogP) is 2.43. The molecule has 1 N–H and O–H groups in total. The maximum Gasteiger partial charge on any atom is 0.306 e. The lowest BCUT2D eigenvalue weighted by atomic mass is 10.0. The highest BCUT2D eigenvalue weighted by Gasteiger charge is 2.36. The van der Waals surface area contributed by atoms with Crippen molar-refractivity contribution in [3.8, 4) is 6.07 Å². The first-order valence-corrected chi connectivity index (χ1v) is 7.09. The summed E-state index contributed by atoms with van der Waals surface area (Å²) in [5.41, 5.74) is 0.761. The smallest absolute Gasteiger partial charge is 0.306 e. The van der Waals surface area contributed by atoms with E-state index in [0.29, 0.717) is 25.8 Å². The molecule has 110 valence electrons. The number of carboxylic acids is 1. The van der Waals surface area contributed by atoms with Crippen molar-refractivity contribution in [2.24, 2.45) is 11.8 Å². The third kappa shape index (κ3) is 3.60. The van der Waals surface area contributed by atoms with E-state index in [1.807, 2.05) is 30.3 Å². The van der Waals surface area contributed by atoms with Crippen LogP contribution in [-0.4, -0.2) is 23.5 Å². The molecule has 1 aliphatic carbocycles. The monoisotopic (exact) mass is 286 g/mol. The zero-order chi connectivity index (χ0) is 15.2. The normalized spacial score (nSPS) is 20.7. The van der Waals surface area contributed by atoms with E-state index in [1.165, 1.54) is 0 Å². The molecule has 1 amide bonds. The molecule has 2 rings (SSSR count). The van der Waals surface area contributed by atoms with Crippen LogP contribution in [0.2, 0.25) is 0 Å². The van der Waals surface area contributed by atoms with Crippen molar-refractivity contribution in [2.75, 3.05) is 11.4 Å². The highest BCUT2D eigenvalue weighted by molar-refractivity contribution is 5.95. The minimum Gasteiger partial charge on any atom is -0.481 e. The number of nitrogens with zero attached hydrogens (tertiary/aromatic N) is 2. The van der Waals surface area contributed by atoms with Gasteiger partial charge in [-0.3, -0.25) is 9.59 Å². The average Bonchev–Trinajstić information content (AvgIpc) is 2.98. The van der Waals surface area contributed by atoms with Gasteiger partial charge in [0.25, 0.3) is 0 Å². The van der Waals surface area contributed by atoms with Crippen LogP contribution in [0.5, 0.6) is 0 Å². The van der Waals surface area contributed by atoms with Crippen LogP contribution in [-0.2, 0) is 9.59 Å². The van der Waals surface area contributed by atoms with Crippen LogP contribution < -0.4 is 4.90 Å². The number of hydrogen-bond donors (Lipinski definition) is 1. The Kier molecular flexibility index (Phi) is 4.94. The third-order valence-corrected chi connectivity index (χ3v) is 3.91. The summed E-state index contributed by atoms with van der Waals surface area (Å²) in [4.78, 5) is 25.3. The van der Waals surface area contributed by atoms with Gasteiger partial charge in [0.1, 0.15) is 0 Å². The van der Waals surface area contributed by atoms with Gasteiger partial charge in [-0.1, -0.05) is 18.2 Å². The number of aliphatic carboxylic acids is 1. The quantitative estimate of drug-likeness (QED) is 0.901. The lowest BCUT2D eigenvalue weighted by Gasteiger charge is -2.25. The maximum atomic E-state index is 12.6. The first-order valence-electron chi connectivity index (χ1n) is 7.09. The summed E-state index contributed by atoms with van der Waals surface area (Å²) in [5, 5.41) is 17.8. The molecule has 2 atom stereocenters. The number of carboxylic acid groups (broad SMARTS) is 1. The van der Waals surface area contributed by atoms with Crippen molar-refractivity contribution in [3.63, 3.8) is 0 Å². The van der Waals surface area contributed by atoms with Crippen molar-refractivity contribution in [1.29, 1.82) is 5.26 Å². The second-order valence-electron chi connectivity index (χ2n) is 5.28. The van der Waals surface area contributed by atoms with Crippen LogP contribution >= 0.6 is 0 Å². The van der Waals surface area contributed by atoms with E-state index in [2.05, 4.69) is 6.07 Å². The molecule has 0 bridgehead atoms. The summed E-state index contributed by atoms with van der Waals surface area (Å²) in [7, 11) is 0. The Morgan fingerprint density at radius 2 is 1.90 bits per heavy atom. The van der Waals surface area contributed by atoms with Crippen LogP contribution in [0.4, 0.5) is 5.69 Å². The van der Waals surface area contributed by atoms with Gasteiger partial charge in [0.2, 0.25) is 5.91 Å². The summed E-state index contributed by atoms with van der Waals surface area (Å²) in [5.74, 6) is -1.58. The Bertz CT molecular complexity index is 550. The molecule has 0 saturated heterocycles. The number of carbonyl (C=O) groups is 2. The Balaban J connectivity index is 2.12. The minimum absolute atomic E-state index is 0.0693. The fourth-order valence-corrected chi connectivity index (χ4v) is 2.79. The van der Waals surface area contributed by atoms with Gasteiger partial charge in [-0.15, -0.1) is 0 Å². The molecular weight excluding hydrogens is 268 g/mol. The first kappa shape index (κ1) is 15.0. The van der Waals surface area contributed by atoms with E-state index < -0.39 is 11.9 Å². The minimum atomic E-state index is -0.825. The van der Waals surface area contributed by atoms with E-state index in [9.17, 15) is 9.59 Å². The summed E-state index contributed by atoms with van der Waals surface area (Å²) >= 11 is 0. The van der Waals surface area contributed by atoms with Crippen LogP contribution in [0.15, 0.2) is 30.3 Å². The van der Waals surface area contributed by atoms with Gasteiger partial charge in [-0.25, -0.2) is 0 Å². The molecular formula is C16H18N2O3. The molecule has 1 aliphatic rings. The van der Waals surface area contributed by atoms with Crippen molar-refractivity contribution in [2.45, 2.75) is 25.7 Å². The molecule has 0 spiro atoms. The van der Waals surface area contributed by atoms with Crippen molar-refractivity contribution < 1.29 is 14.7 Å². The van der Waals surface area contributed by atoms with Gasteiger partial charge in [0.15, 0.2) is 0 Å².